The Balaban J connectivity index is 2.27. The van der Waals surface area contributed by atoms with Crippen LogP contribution in [0.5, 0.6) is 23.0 Å². The number of ketones is 1. The maximum Gasteiger partial charge on any atom is 0.214 e. The Kier molecular flexibility index (Phi) is 6.68. The van der Waals surface area contributed by atoms with Gasteiger partial charge < -0.3 is 24.1 Å². The maximum absolute atomic E-state index is 13.5. The Morgan fingerprint density at radius 3 is 2.19 bits per heavy atom. The Labute approximate surface area is 180 Å². The molecule has 0 saturated heterocycles. The Hall–Kier alpha value is -3.70. The molecule has 162 valence electrons. The molecule has 0 fully saturated rings. The molecule has 1 heterocycles. The van der Waals surface area contributed by atoms with Crippen LogP contribution in [0.1, 0.15) is 28.5 Å². The third-order valence-electron chi connectivity index (χ3n) is 4.80. The third-order valence-corrected chi connectivity index (χ3v) is 4.80. The van der Waals surface area contributed by atoms with E-state index in [4.69, 9.17) is 18.9 Å². The molecular formula is C23H24N2O6. The standard InChI is InChI=1S/C23H24N2O6/c1-6-7-15-17(28-2)9-8-16-20(24-25(10-11-26)21(15)16)22(27)14-12-18(29-3)23(31-5)19(13-14)30-4/h8-9,12-13,26H,10-11H2,1-5H3. The second-order valence-corrected chi connectivity index (χ2v) is 6.45. The van der Waals surface area contributed by atoms with Crippen molar-refractivity contribution in [2.75, 3.05) is 35.0 Å². The number of methoxy groups -OCH3 is 4. The molecule has 31 heavy (non-hydrogen) atoms. The highest BCUT2D eigenvalue weighted by molar-refractivity contribution is 6.16. The summed E-state index contributed by atoms with van der Waals surface area (Å²) in [6.07, 6.45) is 0. The van der Waals surface area contributed by atoms with Crippen LogP contribution in [0.4, 0.5) is 0 Å². The maximum atomic E-state index is 13.5. The van der Waals surface area contributed by atoms with Crippen LogP contribution < -0.4 is 18.9 Å². The highest BCUT2D eigenvalue weighted by Crippen LogP contribution is 2.39. The van der Waals surface area contributed by atoms with Crippen LogP contribution in [0.25, 0.3) is 10.9 Å². The smallest absolute Gasteiger partial charge is 0.214 e. The molecule has 0 saturated carbocycles. The van der Waals surface area contributed by atoms with Crippen molar-refractivity contribution < 1.29 is 28.8 Å². The SMILES string of the molecule is CC#Cc1c(OC)ccc2c(C(=O)c3cc(OC)c(OC)c(OC)c3)nn(CCO)c12. The van der Waals surface area contributed by atoms with Gasteiger partial charge in [0.1, 0.15) is 11.4 Å². The third kappa shape index (κ3) is 3.88. The molecule has 0 atom stereocenters. The molecule has 1 N–H and O–H groups in total. The molecule has 0 radical (unpaired) electrons. The van der Waals surface area contributed by atoms with E-state index in [1.807, 2.05) is 0 Å². The number of aliphatic hydroxyl groups excluding tert-OH is 1. The van der Waals surface area contributed by atoms with Crippen molar-refractivity contribution in [1.29, 1.82) is 0 Å². The predicted molar refractivity (Wildman–Crippen MR) is 115 cm³/mol. The minimum atomic E-state index is -0.332. The number of rotatable bonds is 8. The fourth-order valence-corrected chi connectivity index (χ4v) is 3.45. The van der Waals surface area contributed by atoms with Crippen molar-refractivity contribution in [1.82, 2.24) is 9.78 Å². The first kappa shape index (κ1) is 22.0. The number of hydrogen-bond donors (Lipinski definition) is 1. The molecule has 2 aromatic carbocycles. The molecule has 0 amide bonds. The summed E-state index contributed by atoms with van der Waals surface area (Å²) in [7, 11) is 6.02. The summed E-state index contributed by atoms with van der Waals surface area (Å²) in [5, 5.41) is 14.6. The molecule has 0 spiro atoms. The molecule has 8 heteroatoms. The molecule has 1 aromatic heterocycles. The topological polar surface area (TPSA) is 92.0 Å². The number of benzene rings is 2. The summed E-state index contributed by atoms with van der Waals surface area (Å²) in [4.78, 5) is 13.5. The van der Waals surface area contributed by atoms with E-state index in [0.29, 0.717) is 45.0 Å². The number of carbonyl (C=O) groups excluding carboxylic acids is 1. The highest BCUT2D eigenvalue weighted by Gasteiger charge is 2.24. The monoisotopic (exact) mass is 424 g/mol. The fourth-order valence-electron chi connectivity index (χ4n) is 3.45. The normalized spacial score (nSPS) is 10.4. The van der Waals surface area contributed by atoms with Crippen LogP contribution in [0.3, 0.4) is 0 Å². The number of aromatic nitrogens is 2. The summed E-state index contributed by atoms with van der Waals surface area (Å²) in [6.45, 7) is 1.77. The van der Waals surface area contributed by atoms with Gasteiger partial charge in [0.05, 0.1) is 52.7 Å². The van der Waals surface area contributed by atoms with Crippen LogP contribution in [0.2, 0.25) is 0 Å². The van der Waals surface area contributed by atoms with Gasteiger partial charge in [0.2, 0.25) is 11.5 Å². The first-order chi connectivity index (χ1) is 15.0. The Bertz CT molecular complexity index is 1160. The summed E-state index contributed by atoms with van der Waals surface area (Å²) in [6, 6.07) is 6.67. The fraction of sp³-hybridized carbons (Fsp3) is 0.304. The van der Waals surface area contributed by atoms with E-state index in [1.165, 1.54) is 21.3 Å². The second kappa shape index (κ2) is 9.41. The first-order valence-corrected chi connectivity index (χ1v) is 9.50. The second-order valence-electron chi connectivity index (χ2n) is 6.45. The van der Waals surface area contributed by atoms with Crippen molar-refractivity contribution in [3.8, 4) is 34.8 Å². The number of ether oxygens (including phenoxy) is 4. The summed E-state index contributed by atoms with van der Waals surface area (Å²) in [5.74, 6) is 7.25. The molecule has 0 bridgehead atoms. The van der Waals surface area contributed by atoms with Gasteiger partial charge >= 0.3 is 0 Å². The van der Waals surface area contributed by atoms with Gasteiger partial charge in [-0.2, -0.15) is 5.10 Å². The molecule has 0 aliphatic heterocycles. The lowest BCUT2D eigenvalue weighted by Gasteiger charge is -2.13. The van der Waals surface area contributed by atoms with Crippen LogP contribution in [-0.4, -0.2) is 55.7 Å². The molecule has 0 unspecified atom stereocenters. The van der Waals surface area contributed by atoms with E-state index >= 15 is 0 Å². The number of hydrogen-bond acceptors (Lipinski definition) is 7. The zero-order valence-electron chi connectivity index (χ0n) is 18.1. The lowest BCUT2D eigenvalue weighted by atomic mass is 10.0. The number of aliphatic hydroxyl groups is 1. The minimum Gasteiger partial charge on any atom is -0.495 e. The molecule has 0 aliphatic carbocycles. The summed E-state index contributed by atoms with van der Waals surface area (Å²) in [5.41, 5.74) is 1.77. The van der Waals surface area contributed by atoms with Crippen molar-refractivity contribution in [3.05, 3.63) is 41.1 Å². The average Bonchev–Trinajstić information content (AvgIpc) is 3.16. The van der Waals surface area contributed by atoms with E-state index in [-0.39, 0.29) is 24.6 Å². The van der Waals surface area contributed by atoms with Crippen LogP contribution >= 0.6 is 0 Å². The van der Waals surface area contributed by atoms with E-state index < -0.39 is 0 Å². The van der Waals surface area contributed by atoms with Crippen LogP contribution in [0, 0.1) is 11.8 Å². The molecular weight excluding hydrogens is 400 g/mol. The van der Waals surface area contributed by atoms with Crippen molar-refractivity contribution in [3.63, 3.8) is 0 Å². The quantitative estimate of drug-likeness (QED) is 0.439. The average molecular weight is 424 g/mol. The Morgan fingerprint density at radius 1 is 1.03 bits per heavy atom. The van der Waals surface area contributed by atoms with Crippen molar-refractivity contribution in [2.24, 2.45) is 0 Å². The zero-order chi connectivity index (χ0) is 22.5. The van der Waals surface area contributed by atoms with Gasteiger partial charge in [-0.1, -0.05) is 5.92 Å². The van der Waals surface area contributed by atoms with E-state index in [2.05, 4.69) is 16.9 Å². The lowest BCUT2D eigenvalue weighted by molar-refractivity contribution is 0.103. The highest BCUT2D eigenvalue weighted by atomic mass is 16.5. The van der Waals surface area contributed by atoms with E-state index in [1.54, 1.807) is 43.0 Å². The van der Waals surface area contributed by atoms with Gasteiger partial charge in [0.15, 0.2) is 11.5 Å². The minimum absolute atomic E-state index is 0.148. The van der Waals surface area contributed by atoms with Gasteiger partial charge in [0.25, 0.3) is 0 Å². The van der Waals surface area contributed by atoms with Gasteiger partial charge in [0, 0.05) is 10.9 Å². The lowest BCUT2D eigenvalue weighted by Crippen LogP contribution is -2.08. The number of nitrogens with zero attached hydrogens (tertiary/aromatic N) is 2. The summed E-state index contributed by atoms with van der Waals surface area (Å²) < 4.78 is 23.1. The van der Waals surface area contributed by atoms with Gasteiger partial charge in [-0.15, -0.1) is 5.92 Å². The molecule has 3 aromatic rings. The van der Waals surface area contributed by atoms with Gasteiger partial charge in [-0.05, 0) is 31.2 Å². The summed E-state index contributed by atoms with van der Waals surface area (Å²) >= 11 is 0. The molecule has 0 aliphatic rings. The van der Waals surface area contributed by atoms with Gasteiger partial charge in [-0.25, -0.2) is 0 Å². The molecule has 8 nitrogen and oxygen atoms in total. The van der Waals surface area contributed by atoms with Gasteiger partial charge in [-0.3, -0.25) is 9.48 Å². The number of fused-ring (bicyclic) bond motifs is 1. The van der Waals surface area contributed by atoms with Crippen molar-refractivity contribution in [2.45, 2.75) is 13.5 Å². The number of carbonyl (C=O) groups is 1. The van der Waals surface area contributed by atoms with Crippen molar-refractivity contribution >= 4 is 16.7 Å². The predicted octanol–water partition coefficient (Wildman–Crippen LogP) is 2.67. The largest absolute Gasteiger partial charge is 0.495 e. The first-order valence-electron chi connectivity index (χ1n) is 9.50. The van der Waals surface area contributed by atoms with E-state index in [9.17, 15) is 9.90 Å². The van der Waals surface area contributed by atoms with Crippen LogP contribution in [0.15, 0.2) is 24.3 Å². The van der Waals surface area contributed by atoms with Crippen LogP contribution in [-0.2, 0) is 6.54 Å². The Morgan fingerprint density at radius 2 is 1.68 bits per heavy atom. The van der Waals surface area contributed by atoms with E-state index in [0.717, 1.165) is 0 Å². The molecule has 3 rings (SSSR count). The zero-order valence-corrected chi connectivity index (χ0v) is 18.1.